The van der Waals surface area contributed by atoms with E-state index in [4.69, 9.17) is 0 Å². The van der Waals surface area contributed by atoms with Gasteiger partial charge in [0, 0.05) is 48.1 Å². The first-order chi connectivity index (χ1) is 10.0. The van der Waals surface area contributed by atoms with Crippen LogP contribution in [0.3, 0.4) is 0 Å². The third-order valence-electron chi connectivity index (χ3n) is 3.49. The third-order valence-corrected chi connectivity index (χ3v) is 3.49. The summed E-state index contributed by atoms with van der Waals surface area (Å²) in [5.41, 5.74) is 4.84. The number of aromatic amines is 1. The van der Waals surface area contributed by atoms with Gasteiger partial charge in [0.25, 0.3) is 5.91 Å². The fraction of sp³-hybridized carbons (Fsp3) is 0.176. The standard InChI is InChI=1S/C17H17N3O/c1-11-8-15-14(10-18-11)9-16(19-15)12-4-6-13(7-5-12)17(21)20(2)3/h4-10,19H,1-3H3. The van der Waals surface area contributed by atoms with Gasteiger partial charge in [-0.05, 0) is 36.8 Å². The molecule has 0 atom stereocenters. The summed E-state index contributed by atoms with van der Waals surface area (Å²) >= 11 is 0. The van der Waals surface area contributed by atoms with Gasteiger partial charge < -0.3 is 9.88 Å². The number of amides is 1. The van der Waals surface area contributed by atoms with Crippen LogP contribution in [0.15, 0.2) is 42.6 Å². The molecule has 3 rings (SSSR count). The van der Waals surface area contributed by atoms with Crippen LogP contribution < -0.4 is 0 Å². The van der Waals surface area contributed by atoms with Gasteiger partial charge in [-0.1, -0.05) is 12.1 Å². The van der Waals surface area contributed by atoms with Crippen molar-refractivity contribution in [1.29, 1.82) is 0 Å². The SMILES string of the molecule is Cc1cc2[nH]c(-c3ccc(C(=O)N(C)C)cc3)cc2cn1. The summed E-state index contributed by atoms with van der Waals surface area (Å²) in [5.74, 6) is 0.0121. The quantitative estimate of drug-likeness (QED) is 0.783. The number of benzene rings is 1. The largest absolute Gasteiger partial charge is 0.354 e. The summed E-state index contributed by atoms with van der Waals surface area (Å²) in [5, 5.41) is 1.09. The Morgan fingerprint density at radius 2 is 1.86 bits per heavy atom. The van der Waals surface area contributed by atoms with E-state index in [1.165, 1.54) is 0 Å². The fourth-order valence-electron chi connectivity index (χ4n) is 2.34. The summed E-state index contributed by atoms with van der Waals surface area (Å²) in [6.45, 7) is 1.97. The van der Waals surface area contributed by atoms with Crippen molar-refractivity contribution in [1.82, 2.24) is 14.9 Å². The molecule has 0 aliphatic rings. The lowest BCUT2D eigenvalue weighted by Crippen LogP contribution is -2.21. The van der Waals surface area contributed by atoms with Gasteiger partial charge in [0.15, 0.2) is 0 Å². The van der Waals surface area contributed by atoms with Gasteiger partial charge in [-0.3, -0.25) is 9.78 Å². The van der Waals surface area contributed by atoms with Crippen LogP contribution in [-0.4, -0.2) is 34.9 Å². The molecule has 2 heterocycles. The number of carbonyl (C=O) groups is 1. The molecule has 21 heavy (non-hydrogen) atoms. The van der Waals surface area contributed by atoms with Crippen molar-refractivity contribution in [3.8, 4) is 11.3 Å². The number of aromatic nitrogens is 2. The van der Waals surface area contributed by atoms with Crippen LogP contribution in [-0.2, 0) is 0 Å². The molecular weight excluding hydrogens is 262 g/mol. The zero-order valence-electron chi connectivity index (χ0n) is 12.3. The van der Waals surface area contributed by atoms with Crippen LogP contribution in [0, 0.1) is 6.92 Å². The molecule has 106 valence electrons. The van der Waals surface area contributed by atoms with Crippen molar-refractivity contribution in [2.75, 3.05) is 14.1 Å². The normalized spacial score (nSPS) is 10.8. The highest BCUT2D eigenvalue weighted by molar-refractivity contribution is 5.94. The predicted molar refractivity (Wildman–Crippen MR) is 84.3 cm³/mol. The van der Waals surface area contributed by atoms with Crippen molar-refractivity contribution < 1.29 is 4.79 Å². The van der Waals surface area contributed by atoms with Gasteiger partial charge in [0.2, 0.25) is 0 Å². The number of pyridine rings is 1. The number of fused-ring (bicyclic) bond motifs is 1. The lowest BCUT2D eigenvalue weighted by Gasteiger charge is -2.10. The highest BCUT2D eigenvalue weighted by Crippen LogP contribution is 2.24. The highest BCUT2D eigenvalue weighted by atomic mass is 16.2. The average Bonchev–Trinajstić information content (AvgIpc) is 2.89. The molecule has 0 aliphatic carbocycles. The Kier molecular flexibility index (Phi) is 3.22. The molecule has 0 fully saturated rings. The third kappa shape index (κ3) is 2.52. The minimum Gasteiger partial charge on any atom is -0.354 e. The van der Waals surface area contributed by atoms with Gasteiger partial charge in [-0.25, -0.2) is 0 Å². The first kappa shape index (κ1) is 13.4. The molecule has 4 nitrogen and oxygen atoms in total. The summed E-state index contributed by atoms with van der Waals surface area (Å²) < 4.78 is 0. The number of nitrogens with zero attached hydrogens (tertiary/aromatic N) is 2. The molecule has 0 saturated heterocycles. The molecule has 0 bridgehead atoms. The topological polar surface area (TPSA) is 49.0 Å². The van der Waals surface area contributed by atoms with E-state index in [1.807, 2.05) is 43.5 Å². The Balaban J connectivity index is 1.97. The zero-order chi connectivity index (χ0) is 15.0. The van der Waals surface area contributed by atoms with E-state index in [2.05, 4.69) is 16.0 Å². The fourth-order valence-corrected chi connectivity index (χ4v) is 2.34. The molecule has 1 amide bonds. The number of H-pyrrole nitrogens is 1. The molecule has 2 aromatic heterocycles. The van der Waals surface area contributed by atoms with Gasteiger partial charge >= 0.3 is 0 Å². The molecular formula is C17H17N3O. The maximum absolute atomic E-state index is 11.9. The minimum atomic E-state index is 0.0121. The van der Waals surface area contributed by atoms with Crippen LogP contribution in [0.5, 0.6) is 0 Å². The number of nitrogens with one attached hydrogen (secondary N) is 1. The maximum Gasteiger partial charge on any atom is 0.253 e. The number of rotatable bonds is 2. The first-order valence-corrected chi connectivity index (χ1v) is 6.82. The lowest BCUT2D eigenvalue weighted by atomic mass is 10.1. The van der Waals surface area contributed by atoms with Crippen LogP contribution in [0.25, 0.3) is 22.2 Å². The van der Waals surface area contributed by atoms with Gasteiger partial charge in [-0.2, -0.15) is 0 Å². The maximum atomic E-state index is 11.9. The van der Waals surface area contributed by atoms with Crippen molar-refractivity contribution in [3.05, 3.63) is 53.9 Å². The van der Waals surface area contributed by atoms with Crippen molar-refractivity contribution >= 4 is 16.8 Å². The van der Waals surface area contributed by atoms with Gasteiger partial charge in [-0.15, -0.1) is 0 Å². The Hall–Kier alpha value is -2.62. The van der Waals surface area contributed by atoms with E-state index < -0.39 is 0 Å². The molecule has 0 aliphatic heterocycles. The van der Waals surface area contributed by atoms with Crippen molar-refractivity contribution in [2.45, 2.75) is 6.92 Å². The number of hydrogen-bond acceptors (Lipinski definition) is 2. The van der Waals surface area contributed by atoms with E-state index in [1.54, 1.807) is 19.0 Å². The zero-order valence-corrected chi connectivity index (χ0v) is 12.3. The van der Waals surface area contributed by atoms with Crippen molar-refractivity contribution in [3.63, 3.8) is 0 Å². The predicted octanol–water partition coefficient (Wildman–Crippen LogP) is 3.24. The van der Waals surface area contributed by atoms with Crippen molar-refractivity contribution in [2.24, 2.45) is 0 Å². The molecule has 0 spiro atoms. The second kappa shape index (κ2) is 5.05. The Bertz CT molecular complexity index is 801. The van der Waals surface area contributed by atoms with Crippen LogP contribution in [0.4, 0.5) is 0 Å². The Labute approximate surface area is 123 Å². The van der Waals surface area contributed by atoms with E-state index >= 15 is 0 Å². The summed E-state index contributed by atoms with van der Waals surface area (Å²) in [4.78, 5) is 21.1. The molecule has 1 aromatic carbocycles. The Morgan fingerprint density at radius 3 is 2.52 bits per heavy atom. The second-order valence-corrected chi connectivity index (χ2v) is 5.37. The summed E-state index contributed by atoms with van der Waals surface area (Å²) in [6, 6.07) is 11.7. The number of hydrogen-bond donors (Lipinski definition) is 1. The van der Waals surface area contributed by atoms with E-state index in [0.717, 1.165) is 27.9 Å². The monoisotopic (exact) mass is 279 g/mol. The van der Waals surface area contributed by atoms with E-state index in [9.17, 15) is 4.79 Å². The highest BCUT2D eigenvalue weighted by Gasteiger charge is 2.09. The van der Waals surface area contributed by atoms with Crippen LogP contribution in [0.2, 0.25) is 0 Å². The van der Waals surface area contributed by atoms with Crippen LogP contribution in [0.1, 0.15) is 16.1 Å². The average molecular weight is 279 g/mol. The molecule has 0 radical (unpaired) electrons. The summed E-state index contributed by atoms with van der Waals surface area (Å²) in [7, 11) is 3.51. The molecule has 0 unspecified atom stereocenters. The van der Waals surface area contributed by atoms with Gasteiger partial charge in [0.05, 0.1) is 0 Å². The minimum absolute atomic E-state index is 0.0121. The molecule has 0 saturated carbocycles. The van der Waals surface area contributed by atoms with Crippen LogP contribution >= 0.6 is 0 Å². The molecule has 1 N–H and O–H groups in total. The smallest absolute Gasteiger partial charge is 0.253 e. The summed E-state index contributed by atoms with van der Waals surface area (Å²) in [6.07, 6.45) is 1.87. The van der Waals surface area contributed by atoms with E-state index in [0.29, 0.717) is 5.56 Å². The number of aryl methyl sites for hydroxylation is 1. The Morgan fingerprint density at radius 1 is 1.14 bits per heavy atom. The number of carbonyl (C=O) groups excluding carboxylic acids is 1. The first-order valence-electron chi connectivity index (χ1n) is 6.82. The van der Waals surface area contributed by atoms with E-state index in [-0.39, 0.29) is 5.91 Å². The molecule has 4 heteroatoms. The second-order valence-electron chi connectivity index (χ2n) is 5.37. The molecule has 3 aromatic rings. The lowest BCUT2D eigenvalue weighted by molar-refractivity contribution is 0.0827. The van der Waals surface area contributed by atoms with Gasteiger partial charge in [0.1, 0.15) is 0 Å².